The molecule has 5 atom stereocenters. The number of rotatable bonds is 4. The summed E-state index contributed by atoms with van der Waals surface area (Å²) in [7, 11) is 1.44. The molecule has 10 nitrogen and oxygen atoms in total. The first-order chi connectivity index (χ1) is 19.9. The first-order valence-electron chi connectivity index (χ1n) is 14.1. The summed E-state index contributed by atoms with van der Waals surface area (Å²) in [6.45, 7) is 3.75. The maximum atomic E-state index is 14.2. The van der Waals surface area contributed by atoms with E-state index in [0.29, 0.717) is 31.7 Å². The maximum absolute atomic E-state index is 14.2. The van der Waals surface area contributed by atoms with Crippen LogP contribution in [0.2, 0.25) is 0 Å². The molecule has 2 aromatic rings. The zero-order chi connectivity index (χ0) is 30.7. The largest absolute Gasteiger partial charge is 0.353 e. The topological polar surface area (TPSA) is 147 Å². The van der Waals surface area contributed by atoms with Crippen molar-refractivity contribution in [1.29, 1.82) is 5.26 Å². The molecule has 13 heteroatoms. The zero-order valence-electron chi connectivity index (χ0n) is 23.7. The monoisotopic (exact) mass is 588 g/mol. The van der Waals surface area contributed by atoms with E-state index in [-0.39, 0.29) is 48.2 Å². The van der Waals surface area contributed by atoms with Gasteiger partial charge in [0.15, 0.2) is 11.6 Å². The van der Waals surface area contributed by atoms with Crippen molar-refractivity contribution in [3.63, 3.8) is 0 Å². The number of aromatic amines is 1. The highest BCUT2D eigenvalue weighted by Gasteiger charge is 2.37. The molecular formula is C29H35F3N6O4. The molecule has 0 saturated carbocycles. The van der Waals surface area contributed by atoms with Crippen LogP contribution in [0.4, 0.5) is 13.2 Å². The molecule has 2 bridgehead atoms. The van der Waals surface area contributed by atoms with E-state index in [9.17, 15) is 37.6 Å². The molecule has 42 heavy (non-hydrogen) atoms. The molecule has 3 heterocycles. The molecule has 4 amide bonds. The summed E-state index contributed by atoms with van der Waals surface area (Å²) in [6.07, 6.45) is 2.87. The molecule has 1 aromatic heterocycles. The molecule has 4 rings (SSSR count). The summed E-state index contributed by atoms with van der Waals surface area (Å²) in [5.74, 6) is -6.34. The van der Waals surface area contributed by atoms with Gasteiger partial charge in [0.2, 0.25) is 17.7 Å². The summed E-state index contributed by atoms with van der Waals surface area (Å²) in [5, 5.41) is 17.6. The van der Waals surface area contributed by atoms with Crippen LogP contribution in [0, 0.1) is 40.6 Å². The molecule has 0 unspecified atom stereocenters. The summed E-state index contributed by atoms with van der Waals surface area (Å²) < 4.78 is 42.2. The lowest BCUT2D eigenvalue weighted by atomic mass is 9.94. The number of nitrogens with one attached hydrogen (secondary N) is 4. The van der Waals surface area contributed by atoms with Crippen LogP contribution in [-0.2, 0) is 14.4 Å². The van der Waals surface area contributed by atoms with Crippen molar-refractivity contribution in [2.75, 3.05) is 7.05 Å². The maximum Gasteiger partial charge on any atom is 0.268 e. The zero-order valence-corrected chi connectivity index (χ0v) is 23.7. The number of hydrogen-bond donors (Lipinski definition) is 4. The standard InChI is InChI=1S/C29H35F3N6O4/c1-14(2)8-23-28(41)35-17(13-33)10-15-9-16(34-26(15)39)6-4-5-7-21(29(42)38(23)3)37-27(40)22-11-18-19(30)12-20(31)24(32)25(18)36-22/h11-12,14-17,21,23,36H,4-10H2,1-3H3,(H,34,39)(H,35,41)(H,37,40)/t15-,16+,17-,21-,23-/m0/s1. The Hall–Kier alpha value is -4.08. The molecule has 226 valence electrons. The number of nitrogens with zero attached hydrogens (tertiary/aromatic N) is 2. The predicted octanol–water partition coefficient (Wildman–Crippen LogP) is 3.03. The number of H-pyrrole nitrogens is 1. The van der Waals surface area contributed by atoms with Crippen molar-refractivity contribution in [2.45, 2.75) is 83.0 Å². The average Bonchev–Trinajstić information content (AvgIpc) is 3.54. The minimum Gasteiger partial charge on any atom is -0.353 e. The van der Waals surface area contributed by atoms with Gasteiger partial charge in [0.25, 0.3) is 5.91 Å². The fraction of sp³-hybridized carbons (Fsp3) is 0.552. The number of hydrogen-bond acceptors (Lipinski definition) is 5. The fourth-order valence-electron chi connectivity index (χ4n) is 5.75. The van der Waals surface area contributed by atoms with Crippen molar-refractivity contribution in [1.82, 2.24) is 25.8 Å². The van der Waals surface area contributed by atoms with Crippen LogP contribution in [0.25, 0.3) is 10.9 Å². The van der Waals surface area contributed by atoms with Crippen LogP contribution < -0.4 is 16.0 Å². The van der Waals surface area contributed by atoms with Crippen LogP contribution in [0.15, 0.2) is 12.1 Å². The SMILES string of the molecule is CC(C)C[C@H]1C(=O)N[C@H](C#N)C[C@@H]2C[C@@H](CCCC[C@H](NC(=O)c3cc4c(F)cc(F)c(F)c4[nH]3)C(=O)N1C)NC2=O. The first-order valence-corrected chi connectivity index (χ1v) is 14.1. The number of fused-ring (bicyclic) bond motifs is 3. The van der Waals surface area contributed by atoms with Crippen molar-refractivity contribution in [3.05, 3.63) is 35.3 Å². The summed E-state index contributed by atoms with van der Waals surface area (Å²) in [4.78, 5) is 56.5. The fourth-order valence-corrected chi connectivity index (χ4v) is 5.75. The Kier molecular flexibility index (Phi) is 9.43. The highest BCUT2D eigenvalue weighted by Crippen LogP contribution is 2.26. The second-order valence-corrected chi connectivity index (χ2v) is 11.6. The van der Waals surface area contributed by atoms with E-state index < -0.39 is 64.7 Å². The lowest BCUT2D eigenvalue weighted by Gasteiger charge is -2.32. The van der Waals surface area contributed by atoms with E-state index in [2.05, 4.69) is 27.0 Å². The van der Waals surface area contributed by atoms with E-state index in [4.69, 9.17) is 0 Å². The van der Waals surface area contributed by atoms with Crippen molar-refractivity contribution >= 4 is 34.5 Å². The summed E-state index contributed by atoms with van der Waals surface area (Å²) in [5.41, 5.74) is -0.784. The van der Waals surface area contributed by atoms with Crippen LogP contribution >= 0.6 is 0 Å². The minimum atomic E-state index is -1.41. The highest BCUT2D eigenvalue weighted by molar-refractivity contribution is 6.01. The Morgan fingerprint density at radius 3 is 2.48 bits per heavy atom. The molecule has 2 fully saturated rings. The van der Waals surface area contributed by atoms with E-state index in [1.807, 2.05) is 13.8 Å². The Morgan fingerprint density at radius 2 is 1.79 bits per heavy atom. The number of carbonyl (C=O) groups excluding carboxylic acids is 4. The molecule has 2 saturated heterocycles. The van der Waals surface area contributed by atoms with Gasteiger partial charge in [-0.25, -0.2) is 13.2 Å². The second-order valence-electron chi connectivity index (χ2n) is 11.6. The van der Waals surface area contributed by atoms with Gasteiger partial charge in [-0.1, -0.05) is 26.7 Å². The third-order valence-electron chi connectivity index (χ3n) is 7.99. The van der Waals surface area contributed by atoms with Crippen LogP contribution in [0.1, 0.15) is 69.3 Å². The summed E-state index contributed by atoms with van der Waals surface area (Å²) in [6, 6.07) is 0.360. The molecule has 2 aliphatic heterocycles. The van der Waals surface area contributed by atoms with Crippen LogP contribution in [0.5, 0.6) is 0 Å². The molecular weight excluding hydrogens is 553 g/mol. The van der Waals surface area contributed by atoms with Gasteiger partial charge in [-0.15, -0.1) is 0 Å². The van der Waals surface area contributed by atoms with Gasteiger partial charge in [0.1, 0.15) is 29.6 Å². The number of nitriles is 1. The molecule has 0 spiro atoms. The third-order valence-corrected chi connectivity index (χ3v) is 7.99. The minimum absolute atomic E-state index is 0.00966. The Labute approximate surface area is 241 Å². The van der Waals surface area contributed by atoms with Gasteiger partial charge in [-0.05, 0) is 44.1 Å². The van der Waals surface area contributed by atoms with Crippen LogP contribution in [-0.4, -0.2) is 64.7 Å². The van der Waals surface area contributed by atoms with E-state index in [1.54, 1.807) is 0 Å². The predicted molar refractivity (Wildman–Crippen MR) is 146 cm³/mol. The quantitative estimate of drug-likeness (QED) is 0.406. The van der Waals surface area contributed by atoms with Gasteiger partial charge < -0.3 is 25.8 Å². The van der Waals surface area contributed by atoms with Gasteiger partial charge in [0, 0.05) is 30.5 Å². The number of aromatic nitrogens is 1. The van der Waals surface area contributed by atoms with Gasteiger partial charge >= 0.3 is 0 Å². The Balaban J connectivity index is 1.62. The molecule has 4 N–H and O–H groups in total. The number of amides is 4. The lowest BCUT2D eigenvalue weighted by Crippen LogP contribution is -2.55. The number of likely N-dealkylation sites (N-methyl/N-ethyl adjacent to an activating group) is 1. The van der Waals surface area contributed by atoms with Gasteiger partial charge in [-0.2, -0.15) is 5.26 Å². The Bertz CT molecular complexity index is 1420. The summed E-state index contributed by atoms with van der Waals surface area (Å²) >= 11 is 0. The highest BCUT2D eigenvalue weighted by atomic mass is 19.2. The van der Waals surface area contributed by atoms with Gasteiger partial charge in [0.05, 0.1) is 11.6 Å². The van der Waals surface area contributed by atoms with Crippen LogP contribution in [0.3, 0.4) is 0 Å². The molecule has 0 aliphatic carbocycles. The molecule has 0 radical (unpaired) electrons. The van der Waals surface area contributed by atoms with Crippen molar-refractivity contribution < 1.29 is 32.3 Å². The first kappa shape index (κ1) is 30.9. The third kappa shape index (κ3) is 6.69. The van der Waals surface area contributed by atoms with E-state index in [1.165, 1.54) is 11.9 Å². The number of benzene rings is 1. The van der Waals surface area contributed by atoms with E-state index in [0.717, 1.165) is 6.07 Å². The van der Waals surface area contributed by atoms with Crippen molar-refractivity contribution in [3.8, 4) is 6.07 Å². The van der Waals surface area contributed by atoms with Gasteiger partial charge in [-0.3, -0.25) is 19.2 Å². The second kappa shape index (κ2) is 12.8. The van der Waals surface area contributed by atoms with E-state index >= 15 is 0 Å². The lowest BCUT2D eigenvalue weighted by molar-refractivity contribution is -0.141. The normalized spacial score (nSPS) is 25.9. The van der Waals surface area contributed by atoms with Crippen molar-refractivity contribution in [2.24, 2.45) is 11.8 Å². The number of carbonyl (C=O) groups is 4. The molecule has 1 aromatic carbocycles. The average molecular weight is 589 g/mol. The smallest absolute Gasteiger partial charge is 0.268 e. The molecule has 2 aliphatic rings. The Morgan fingerprint density at radius 1 is 1.07 bits per heavy atom. The number of halogens is 3.